The molecule has 0 amide bonds. The van der Waals surface area contributed by atoms with Crippen molar-refractivity contribution in [3.8, 4) is 17.6 Å². The van der Waals surface area contributed by atoms with Gasteiger partial charge in [0, 0.05) is 11.5 Å². The van der Waals surface area contributed by atoms with Gasteiger partial charge in [0.15, 0.2) is 0 Å². The fraction of sp³-hybridized carbons (Fsp3) is 0.652. The molecule has 0 aliphatic heterocycles. The SMILES string of the molecule is CCCCCCCC1CCC(C#Cc2ccc(OC(F)(F)C(F)F)cc2)CC1. The molecular formula is C23H30F4O. The van der Waals surface area contributed by atoms with Crippen molar-refractivity contribution in [1.29, 1.82) is 0 Å². The molecule has 1 fully saturated rings. The topological polar surface area (TPSA) is 9.23 Å². The maximum atomic E-state index is 12.9. The zero-order valence-electron chi connectivity index (χ0n) is 16.5. The molecule has 0 radical (unpaired) electrons. The van der Waals surface area contributed by atoms with Crippen LogP contribution in [-0.4, -0.2) is 12.5 Å². The lowest BCUT2D eigenvalue weighted by molar-refractivity contribution is -0.253. The van der Waals surface area contributed by atoms with Gasteiger partial charge in [-0.2, -0.15) is 17.6 Å². The van der Waals surface area contributed by atoms with Crippen LogP contribution in [0.4, 0.5) is 17.6 Å². The van der Waals surface area contributed by atoms with Crippen LogP contribution in [-0.2, 0) is 0 Å². The van der Waals surface area contributed by atoms with Gasteiger partial charge in [-0.05, 0) is 55.9 Å². The Morgan fingerprint density at radius 3 is 2.25 bits per heavy atom. The average molecular weight is 398 g/mol. The Bertz CT molecular complexity index is 622. The first-order valence-electron chi connectivity index (χ1n) is 10.4. The highest BCUT2D eigenvalue weighted by Gasteiger charge is 2.43. The molecule has 0 atom stereocenters. The van der Waals surface area contributed by atoms with Crippen molar-refractivity contribution in [2.45, 2.75) is 83.7 Å². The Hall–Kier alpha value is -1.70. The van der Waals surface area contributed by atoms with Crippen LogP contribution < -0.4 is 4.74 Å². The minimum atomic E-state index is -4.48. The summed E-state index contributed by atoms with van der Waals surface area (Å²) in [6, 6.07) is 5.53. The summed E-state index contributed by atoms with van der Waals surface area (Å²) >= 11 is 0. The molecule has 1 aromatic carbocycles. The lowest BCUT2D eigenvalue weighted by atomic mass is 9.80. The van der Waals surface area contributed by atoms with E-state index in [2.05, 4.69) is 23.5 Å². The largest absolute Gasteiger partial charge is 0.461 e. The van der Waals surface area contributed by atoms with E-state index >= 15 is 0 Å². The van der Waals surface area contributed by atoms with E-state index in [1.807, 2.05) is 0 Å². The Labute approximate surface area is 165 Å². The van der Waals surface area contributed by atoms with Gasteiger partial charge in [0.05, 0.1) is 0 Å². The van der Waals surface area contributed by atoms with Crippen molar-refractivity contribution in [1.82, 2.24) is 0 Å². The number of ether oxygens (including phenoxy) is 1. The first-order chi connectivity index (χ1) is 13.4. The summed E-state index contributed by atoms with van der Waals surface area (Å²) < 4.78 is 54.1. The number of hydrogen-bond acceptors (Lipinski definition) is 1. The van der Waals surface area contributed by atoms with Gasteiger partial charge in [0.2, 0.25) is 0 Å². The number of benzene rings is 1. The lowest BCUT2D eigenvalue weighted by Gasteiger charge is -2.25. The van der Waals surface area contributed by atoms with Crippen LogP contribution in [0, 0.1) is 23.7 Å². The molecule has 5 heteroatoms. The van der Waals surface area contributed by atoms with Gasteiger partial charge in [-0.25, -0.2) is 0 Å². The van der Waals surface area contributed by atoms with Gasteiger partial charge in [0.25, 0.3) is 0 Å². The number of hydrogen-bond donors (Lipinski definition) is 0. The summed E-state index contributed by atoms with van der Waals surface area (Å²) in [7, 11) is 0. The van der Waals surface area contributed by atoms with E-state index in [4.69, 9.17) is 0 Å². The highest BCUT2D eigenvalue weighted by Crippen LogP contribution is 2.32. The standard InChI is InChI=1S/C23H30F4O/c1-2-3-4-5-6-7-18-8-10-19(11-9-18)12-13-20-14-16-21(17-15-20)28-23(26,27)22(24)25/h14-19,22H,2-11H2,1H3. The molecule has 0 heterocycles. The molecule has 0 saturated heterocycles. The predicted molar refractivity (Wildman–Crippen MR) is 104 cm³/mol. The van der Waals surface area contributed by atoms with Crippen molar-refractivity contribution >= 4 is 0 Å². The normalized spacial score (nSPS) is 19.9. The van der Waals surface area contributed by atoms with Crippen molar-refractivity contribution in [3.63, 3.8) is 0 Å². The third-order valence-corrected chi connectivity index (χ3v) is 5.35. The maximum Gasteiger partial charge on any atom is 0.461 e. The van der Waals surface area contributed by atoms with Gasteiger partial charge in [-0.3, -0.25) is 0 Å². The zero-order valence-corrected chi connectivity index (χ0v) is 16.5. The van der Waals surface area contributed by atoms with Gasteiger partial charge >= 0.3 is 12.5 Å². The van der Waals surface area contributed by atoms with Gasteiger partial charge < -0.3 is 4.74 Å². The van der Waals surface area contributed by atoms with E-state index in [1.54, 1.807) is 0 Å². The molecular weight excluding hydrogens is 368 g/mol. The van der Waals surface area contributed by atoms with E-state index in [0.29, 0.717) is 11.5 Å². The smallest absolute Gasteiger partial charge is 0.428 e. The van der Waals surface area contributed by atoms with E-state index in [0.717, 1.165) is 18.8 Å². The summed E-state index contributed by atoms with van der Waals surface area (Å²) in [5.41, 5.74) is 0.672. The van der Waals surface area contributed by atoms with Crippen molar-refractivity contribution in [2.24, 2.45) is 11.8 Å². The zero-order chi connectivity index (χ0) is 20.4. The Balaban J connectivity index is 1.74. The van der Waals surface area contributed by atoms with Gasteiger partial charge in [-0.15, -0.1) is 0 Å². The molecule has 0 N–H and O–H groups in total. The summed E-state index contributed by atoms with van der Waals surface area (Å²) in [5.74, 6) is 7.24. The maximum absolute atomic E-state index is 12.9. The van der Waals surface area contributed by atoms with Crippen LogP contribution in [0.3, 0.4) is 0 Å². The summed E-state index contributed by atoms with van der Waals surface area (Å²) in [4.78, 5) is 0. The molecule has 0 bridgehead atoms. The summed E-state index contributed by atoms with van der Waals surface area (Å²) in [6.07, 6.45) is 4.28. The summed E-state index contributed by atoms with van der Waals surface area (Å²) in [6.45, 7) is 2.23. The van der Waals surface area contributed by atoms with E-state index in [9.17, 15) is 17.6 Å². The van der Waals surface area contributed by atoms with E-state index in [1.165, 1.54) is 75.6 Å². The monoisotopic (exact) mass is 398 g/mol. The third kappa shape index (κ3) is 7.73. The second-order valence-corrected chi connectivity index (χ2v) is 7.68. The minimum Gasteiger partial charge on any atom is -0.428 e. The van der Waals surface area contributed by atoms with Crippen LogP contribution in [0.5, 0.6) is 5.75 Å². The predicted octanol–water partition coefficient (Wildman–Crippen LogP) is 7.44. The highest BCUT2D eigenvalue weighted by atomic mass is 19.3. The minimum absolute atomic E-state index is 0.296. The molecule has 28 heavy (non-hydrogen) atoms. The Morgan fingerprint density at radius 1 is 1.00 bits per heavy atom. The van der Waals surface area contributed by atoms with Crippen LogP contribution in [0.1, 0.15) is 76.7 Å². The van der Waals surface area contributed by atoms with Crippen LogP contribution >= 0.6 is 0 Å². The number of alkyl halides is 4. The van der Waals surface area contributed by atoms with Gasteiger partial charge in [-0.1, -0.05) is 57.3 Å². The number of rotatable bonds is 9. The highest BCUT2D eigenvalue weighted by molar-refractivity contribution is 5.38. The second kappa shape index (κ2) is 11.3. The van der Waals surface area contributed by atoms with Crippen LogP contribution in [0.15, 0.2) is 24.3 Å². The Morgan fingerprint density at radius 2 is 1.64 bits per heavy atom. The van der Waals surface area contributed by atoms with E-state index < -0.39 is 12.5 Å². The van der Waals surface area contributed by atoms with E-state index in [-0.39, 0.29) is 5.75 Å². The van der Waals surface area contributed by atoms with Gasteiger partial charge in [0.1, 0.15) is 5.75 Å². The van der Waals surface area contributed by atoms with Crippen molar-refractivity contribution < 1.29 is 22.3 Å². The molecule has 1 saturated carbocycles. The Kier molecular flexibility index (Phi) is 9.15. The van der Waals surface area contributed by atoms with Crippen LogP contribution in [0.25, 0.3) is 0 Å². The molecule has 0 unspecified atom stereocenters. The quantitative estimate of drug-likeness (QED) is 0.239. The average Bonchev–Trinajstić information content (AvgIpc) is 2.68. The first kappa shape index (κ1) is 22.6. The van der Waals surface area contributed by atoms with Crippen molar-refractivity contribution in [3.05, 3.63) is 29.8 Å². The molecule has 1 aliphatic carbocycles. The third-order valence-electron chi connectivity index (χ3n) is 5.35. The molecule has 0 aromatic heterocycles. The molecule has 156 valence electrons. The van der Waals surface area contributed by atoms with Crippen molar-refractivity contribution in [2.75, 3.05) is 0 Å². The number of halogens is 4. The molecule has 1 aliphatic rings. The second-order valence-electron chi connectivity index (χ2n) is 7.68. The van der Waals surface area contributed by atoms with Crippen LogP contribution in [0.2, 0.25) is 0 Å². The molecule has 0 spiro atoms. The fourth-order valence-electron chi connectivity index (χ4n) is 3.63. The molecule has 1 aromatic rings. The fourth-order valence-corrected chi connectivity index (χ4v) is 3.63. The lowest BCUT2D eigenvalue weighted by Crippen LogP contribution is -2.33. The molecule has 2 rings (SSSR count). The summed E-state index contributed by atoms with van der Waals surface area (Å²) in [5, 5.41) is 0. The molecule has 1 nitrogen and oxygen atoms in total. The first-order valence-corrected chi connectivity index (χ1v) is 10.4. The number of unbranched alkanes of at least 4 members (excludes halogenated alkanes) is 4.